The maximum atomic E-state index is 13.1. The van der Waals surface area contributed by atoms with Gasteiger partial charge in [-0.05, 0) is 95.5 Å². The lowest BCUT2D eigenvalue weighted by Crippen LogP contribution is -2.31. The minimum atomic E-state index is -4.18. The second kappa shape index (κ2) is 13.6. The molecule has 0 bridgehead atoms. The van der Waals surface area contributed by atoms with Crippen molar-refractivity contribution in [3.8, 4) is 11.7 Å². The molecule has 1 amide bonds. The number of nitrogens with zero attached hydrogens (tertiary/aromatic N) is 4. The number of aromatic nitrogens is 4. The molecule has 1 saturated carbocycles. The van der Waals surface area contributed by atoms with Crippen LogP contribution in [0.4, 0.5) is 19.0 Å². The van der Waals surface area contributed by atoms with Crippen molar-refractivity contribution in [1.29, 1.82) is 0 Å². The molecule has 0 radical (unpaired) electrons. The summed E-state index contributed by atoms with van der Waals surface area (Å²) in [6.07, 6.45) is 1.23. The van der Waals surface area contributed by atoms with E-state index in [0.717, 1.165) is 32.4 Å². The van der Waals surface area contributed by atoms with Crippen molar-refractivity contribution in [1.82, 2.24) is 29.8 Å². The molecule has 1 saturated heterocycles. The summed E-state index contributed by atoms with van der Waals surface area (Å²) in [7, 11) is -1.94. The van der Waals surface area contributed by atoms with E-state index in [4.69, 9.17) is 16.3 Å². The maximum absolute atomic E-state index is 13.1. The van der Waals surface area contributed by atoms with Crippen molar-refractivity contribution in [2.24, 2.45) is 11.3 Å². The van der Waals surface area contributed by atoms with Crippen LogP contribution in [0.25, 0.3) is 5.82 Å². The Morgan fingerprint density at radius 2 is 1.98 bits per heavy atom. The molecule has 45 heavy (non-hydrogen) atoms. The molecular weight excluding hydrogens is 631 g/mol. The molecule has 1 aliphatic heterocycles. The van der Waals surface area contributed by atoms with Crippen LogP contribution in [0.3, 0.4) is 0 Å². The van der Waals surface area contributed by atoms with E-state index in [0.29, 0.717) is 11.7 Å². The molecule has 15 heteroatoms. The van der Waals surface area contributed by atoms with Gasteiger partial charge in [0, 0.05) is 24.3 Å². The maximum Gasteiger partial charge on any atom is 0.394 e. The molecule has 3 aromatic rings. The highest BCUT2D eigenvalue weighted by Crippen LogP contribution is 2.60. The van der Waals surface area contributed by atoms with Gasteiger partial charge in [0.05, 0.1) is 17.6 Å². The zero-order valence-corrected chi connectivity index (χ0v) is 26.7. The van der Waals surface area contributed by atoms with Gasteiger partial charge in [-0.2, -0.15) is 13.2 Å². The van der Waals surface area contributed by atoms with Gasteiger partial charge in [0.15, 0.2) is 21.8 Å². The average Bonchev–Trinajstić information content (AvgIpc) is 3.51. The Kier molecular flexibility index (Phi) is 10.0. The first-order valence-electron chi connectivity index (χ1n) is 15.0. The van der Waals surface area contributed by atoms with Crippen molar-refractivity contribution in [3.05, 3.63) is 53.3 Å². The molecule has 5 rings (SSSR count). The summed E-state index contributed by atoms with van der Waals surface area (Å²) in [5.74, 6) is 1.04. The van der Waals surface area contributed by atoms with Gasteiger partial charge < -0.3 is 15.4 Å². The Hall–Kier alpha value is -3.23. The van der Waals surface area contributed by atoms with Crippen molar-refractivity contribution in [2.45, 2.75) is 75.5 Å². The van der Waals surface area contributed by atoms with Crippen LogP contribution in [0.2, 0.25) is 5.15 Å². The van der Waals surface area contributed by atoms with E-state index in [9.17, 15) is 22.2 Å². The number of pyridine rings is 2. The zero-order chi connectivity index (χ0) is 32.2. The van der Waals surface area contributed by atoms with E-state index < -0.39 is 28.5 Å². The quantitative estimate of drug-likeness (QED) is 0.145. The lowest BCUT2D eigenvalue weighted by molar-refractivity contribution is -0.189. The summed E-state index contributed by atoms with van der Waals surface area (Å²) in [4.78, 5) is 21.5. The SMILES string of the molecule is CC1(C)CC(CCCNc2cccc(S(=O)NC(=O)c3ccc(-n4ccc(OCCCC5(C(F)(F)F)CC5)n4)nc3Cl)n2)CN1. The van der Waals surface area contributed by atoms with E-state index in [1.54, 1.807) is 30.5 Å². The number of hydrogen-bond acceptors (Lipinski definition) is 8. The fourth-order valence-corrected chi connectivity index (χ4v) is 6.55. The summed E-state index contributed by atoms with van der Waals surface area (Å²) in [6, 6.07) is 9.55. The van der Waals surface area contributed by atoms with E-state index >= 15 is 0 Å². The van der Waals surface area contributed by atoms with Gasteiger partial charge >= 0.3 is 6.18 Å². The van der Waals surface area contributed by atoms with E-state index in [-0.39, 0.29) is 65.3 Å². The third kappa shape index (κ3) is 8.53. The third-order valence-corrected chi connectivity index (χ3v) is 9.51. The van der Waals surface area contributed by atoms with Crippen molar-refractivity contribution in [3.63, 3.8) is 0 Å². The van der Waals surface area contributed by atoms with Crippen LogP contribution < -0.4 is 20.1 Å². The minimum Gasteiger partial charge on any atom is -0.477 e. The highest BCUT2D eigenvalue weighted by Gasteiger charge is 2.62. The number of nitrogens with one attached hydrogen (secondary N) is 3. The fraction of sp³-hybridized carbons (Fsp3) is 0.533. The van der Waals surface area contributed by atoms with Crippen LogP contribution in [-0.4, -0.2) is 61.3 Å². The van der Waals surface area contributed by atoms with Crippen LogP contribution in [-0.2, 0) is 11.0 Å². The van der Waals surface area contributed by atoms with Gasteiger partial charge in [-0.3, -0.25) is 9.52 Å². The van der Waals surface area contributed by atoms with Gasteiger partial charge in [-0.1, -0.05) is 17.7 Å². The number of alkyl halides is 3. The molecule has 0 aromatic carbocycles. The van der Waals surface area contributed by atoms with Crippen LogP contribution in [0.15, 0.2) is 47.6 Å². The molecule has 2 aliphatic rings. The van der Waals surface area contributed by atoms with Crippen LogP contribution in [0, 0.1) is 11.3 Å². The molecule has 4 heterocycles. The smallest absolute Gasteiger partial charge is 0.394 e. The largest absolute Gasteiger partial charge is 0.477 e. The summed E-state index contributed by atoms with van der Waals surface area (Å²) < 4.78 is 61.4. The first kappa shape index (κ1) is 33.1. The molecule has 3 aromatic heterocycles. The predicted molar refractivity (Wildman–Crippen MR) is 165 cm³/mol. The molecule has 2 atom stereocenters. The van der Waals surface area contributed by atoms with Gasteiger partial charge in [-0.15, -0.1) is 5.10 Å². The molecule has 0 spiro atoms. The summed E-state index contributed by atoms with van der Waals surface area (Å²) in [5.41, 5.74) is -1.35. The van der Waals surface area contributed by atoms with E-state index in [2.05, 4.69) is 44.3 Å². The number of rotatable bonds is 14. The number of amides is 1. The Morgan fingerprint density at radius 3 is 2.67 bits per heavy atom. The number of carbonyl (C=O) groups excluding carboxylic acids is 1. The Balaban J connectivity index is 1.09. The van der Waals surface area contributed by atoms with E-state index in [1.807, 2.05) is 0 Å². The average molecular weight is 668 g/mol. The number of carbonyl (C=O) groups is 1. The first-order valence-corrected chi connectivity index (χ1v) is 16.5. The monoisotopic (exact) mass is 667 g/mol. The van der Waals surface area contributed by atoms with Crippen LogP contribution in [0.5, 0.6) is 5.88 Å². The fourth-order valence-electron chi connectivity index (χ4n) is 5.55. The minimum absolute atomic E-state index is 0.00919. The van der Waals surface area contributed by atoms with E-state index in [1.165, 1.54) is 16.8 Å². The van der Waals surface area contributed by atoms with Gasteiger partial charge in [0.1, 0.15) is 11.0 Å². The molecule has 10 nitrogen and oxygen atoms in total. The van der Waals surface area contributed by atoms with Gasteiger partial charge in [0.2, 0.25) is 5.88 Å². The second-order valence-electron chi connectivity index (χ2n) is 12.3. The lowest BCUT2D eigenvalue weighted by Gasteiger charge is -2.18. The number of hydrogen-bond donors (Lipinski definition) is 3. The molecule has 244 valence electrons. The Morgan fingerprint density at radius 1 is 1.18 bits per heavy atom. The van der Waals surface area contributed by atoms with Crippen LogP contribution in [0.1, 0.15) is 69.2 Å². The lowest BCUT2D eigenvalue weighted by atomic mass is 9.94. The molecule has 2 unspecified atom stereocenters. The first-order chi connectivity index (χ1) is 21.3. The summed E-state index contributed by atoms with van der Waals surface area (Å²) in [6.45, 7) is 6.29. The highest BCUT2D eigenvalue weighted by atomic mass is 35.5. The number of ether oxygens (including phenoxy) is 1. The summed E-state index contributed by atoms with van der Waals surface area (Å²) >= 11 is 6.29. The number of anilines is 1. The standard InChI is InChI=1S/C30H37ClF3N7O3S/c1-28(2)18-20(19-36-28)6-4-15-35-22-7-3-8-25(37-22)45(43)40-27(42)21-9-10-23(38-26(21)31)41-16-11-24(39-41)44-17-5-12-29(13-14-29)30(32,33)34/h3,7-11,16,20,36H,4-6,12-15,17-19H2,1-2H3,(H,35,37)(H,40,42). The summed E-state index contributed by atoms with van der Waals surface area (Å²) in [5, 5.41) is 11.1. The van der Waals surface area contributed by atoms with Crippen molar-refractivity contribution < 1.29 is 26.9 Å². The Bertz CT molecular complexity index is 1530. The molecule has 1 aliphatic carbocycles. The molecule has 2 fully saturated rings. The topological polar surface area (TPSA) is 123 Å². The normalized spacial score (nSPS) is 19.2. The van der Waals surface area contributed by atoms with Crippen molar-refractivity contribution in [2.75, 3.05) is 25.0 Å². The molecular formula is C30H37ClF3N7O3S. The Labute approximate surface area is 267 Å². The predicted octanol–water partition coefficient (Wildman–Crippen LogP) is 5.85. The number of halogens is 4. The second-order valence-corrected chi connectivity index (χ2v) is 13.8. The third-order valence-electron chi connectivity index (χ3n) is 8.24. The highest BCUT2D eigenvalue weighted by molar-refractivity contribution is 7.83. The van der Waals surface area contributed by atoms with Gasteiger partial charge in [-0.25, -0.2) is 18.9 Å². The van der Waals surface area contributed by atoms with Gasteiger partial charge in [0.25, 0.3) is 5.91 Å². The van der Waals surface area contributed by atoms with Crippen molar-refractivity contribution >= 4 is 34.3 Å². The molecule has 3 N–H and O–H groups in total. The zero-order valence-electron chi connectivity index (χ0n) is 25.1. The van der Waals surface area contributed by atoms with Crippen LogP contribution >= 0.6 is 11.6 Å².